The van der Waals surface area contributed by atoms with Crippen molar-refractivity contribution in [3.8, 4) is 11.1 Å². The van der Waals surface area contributed by atoms with Crippen LogP contribution in [0.2, 0.25) is 0 Å². The highest BCUT2D eigenvalue weighted by Gasteiger charge is 2.06. The van der Waals surface area contributed by atoms with Gasteiger partial charge in [-0.15, -0.1) is 0 Å². The molecule has 0 saturated heterocycles. The van der Waals surface area contributed by atoms with E-state index in [9.17, 15) is 0 Å². The van der Waals surface area contributed by atoms with E-state index < -0.39 is 0 Å². The van der Waals surface area contributed by atoms with Crippen LogP contribution in [-0.4, -0.2) is 0 Å². The summed E-state index contributed by atoms with van der Waals surface area (Å²) >= 11 is 0. The van der Waals surface area contributed by atoms with Crippen LogP contribution in [0.1, 0.15) is 142 Å². The van der Waals surface area contributed by atoms with E-state index in [1.54, 1.807) is 0 Å². The molecule has 2 heterocycles. The van der Waals surface area contributed by atoms with Gasteiger partial charge in [0, 0.05) is 37.1 Å². The van der Waals surface area contributed by atoms with Crippen LogP contribution in [0.25, 0.3) is 11.1 Å². The lowest BCUT2D eigenvalue weighted by Gasteiger charge is -2.03. The molecule has 0 saturated carbocycles. The minimum atomic E-state index is 0. The third-order valence-corrected chi connectivity index (χ3v) is 7.66. The predicted molar refractivity (Wildman–Crippen MR) is 156 cm³/mol. The molecular formula is C34H58Cl2N2. The van der Waals surface area contributed by atoms with Gasteiger partial charge in [0.25, 0.3) is 0 Å². The third kappa shape index (κ3) is 18.2. The quantitative estimate of drug-likeness (QED) is 0.143. The first kappa shape index (κ1) is 36.9. The van der Waals surface area contributed by atoms with Gasteiger partial charge in [0.05, 0.1) is 0 Å². The average Bonchev–Trinajstić information content (AvgIpc) is 2.91. The number of halogens is 2. The first-order valence-corrected chi connectivity index (χ1v) is 15.8. The lowest BCUT2D eigenvalue weighted by molar-refractivity contribution is -0.697. The van der Waals surface area contributed by atoms with Gasteiger partial charge >= 0.3 is 0 Å². The zero-order valence-electron chi connectivity index (χ0n) is 24.8. The average molecular weight is 566 g/mol. The highest BCUT2D eigenvalue weighted by atomic mass is 35.5. The molecule has 218 valence electrons. The topological polar surface area (TPSA) is 7.76 Å². The summed E-state index contributed by atoms with van der Waals surface area (Å²) in [4.78, 5) is 0. The Labute approximate surface area is 248 Å². The molecule has 0 spiro atoms. The van der Waals surface area contributed by atoms with Crippen molar-refractivity contribution in [2.45, 2.75) is 155 Å². The van der Waals surface area contributed by atoms with Crippen molar-refractivity contribution in [1.29, 1.82) is 0 Å². The molecule has 0 radical (unpaired) electrons. The van der Waals surface area contributed by atoms with E-state index in [-0.39, 0.29) is 24.8 Å². The smallest absolute Gasteiger partial charge is 0.169 e. The van der Waals surface area contributed by atoms with Crippen molar-refractivity contribution in [2.75, 3.05) is 0 Å². The molecule has 0 bridgehead atoms. The van der Waals surface area contributed by atoms with E-state index in [0.29, 0.717) is 0 Å². The van der Waals surface area contributed by atoms with Gasteiger partial charge < -0.3 is 24.8 Å². The van der Waals surface area contributed by atoms with E-state index in [0.717, 1.165) is 13.1 Å². The fourth-order valence-corrected chi connectivity index (χ4v) is 5.16. The highest BCUT2D eigenvalue weighted by molar-refractivity contribution is 5.60. The van der Waals surface area contributed by atoms with Crippen LogP contribution in [0.5, 0.6) is 0 Å². The second-order valence-electron chi connectivity index (χ2n) is 11.0. The van der Waals surface area contributed by atoms with E-state index in [1.807, 2.05) is 0 Å². The maximum Gasteiger partial charge on any atom is 0.169 e. The summed E-state index contributed by atoms with van der Waals surface area (Å²) in [5, 5.41) is 0. The van der Waals surface area contributed by atoms with Crippen molar-refractivity contribution >= 4 is 0 Å². The largest absolute Gasteiger partial charge is 1.00 e. The number of hydrogen-bond acceptors (Lipinski definition) is 0. The molecule has 0 N–H and O–H groups in total. The number of aryl methyl sites for hydroxylation is 2. The monoisotopic (exact) mass is 564 g/mol. The summed E-state index contributed by atoms with van der Waals surface area (Å²) in [6, 6.07) is 9.10. The lowest BCUT2D eigenvalue weighted by atomic mass is 10.1. The van der Waals surface area contributed by atoms with Crippen molar-refractivity contribution in [2.24, 2.45) is 0 Å². The van der Waals surface area contributed by atoms with Crippen molar-refractivity contribution in [3.63, 3.8) is 0 Å². The van der Waals surface area contributed by atoms with Gasteiger partial charge in [-0.2, -0.15) is 0 Å². The van der Waals surface area contributed by atoms with Gasteiger partial charge in [-0.25, -0.2) is 9.13 Å². The summed E-state index contributed by atoms with van der Waals surface area (Å²) in [6.07, 6.45) is 37.0. The fraction of sp³-hybridized carbons (Fsp3) is 0.706. The Morgan fingerprint density at radius 1 is 0.368 bits per heavy atom. The van der Waals surface area contributed by atoms with E-state index in [4.69, 9.17) is 0 Å². The van der Waals surface area contributed by atoms with E-state index in [1.165, 1.54) is 140 Å². The summed E-state index contributed by atoms with van der Waals surface area (Å²) < 4.78 is 4.70. The summed E-state index contributed by atoms with van der Waals surface area (Å²) in [6.45, 7) is 6.87. The minimum Gasteiger partial charge on any atom is -1.00 e. The molecule has 0 amide bonds. The molecular weight excluding hydrogens is 507 g/mol. The normalized spacial score (nSPS) is 10.7. The molecule has 2 nitrogen and oxygen atoms in total. The highest BCUT2D eigenvalue weighted by Crippen LogP contribution is 2.16. The molecule has 2 aromatic rings. The lowest BCUT2D eigenvalue weighted by Crippen LogP contribution is -3.00. The van der Waals surface area contributed by atoms with Crippen LogP contribution in [0.4, 0.5) is 0 Å². The molecule has 0 fully saturated rings. The molecule has 2 rings (SSSR count). The van der Waals surface area contributed by atoms with Gasteiger partial charge in [0.1, 0.15) is 13.1 Å². The summed E-state index contributed by atoms with van der Waals surface area (Å²) in [5.41, 5.74) is 2.64. The zero-order chi connectivity index (χ0) is 25.5. The van der Waals surface area contributed by atoms with E-state index >= 15 is 0 Å². The fourth-order valence-electron chi connectivity index (χ4n) is 5.16. The van der Waals surface area contributed by atoms with Gasteiger partial charge in [-0.05, 0) is 24.0 Å². The van der Waals surface area contributed by atoms with Crippen molar-refractivity contribution in [1.82, 2.24) is 0 Å². The first-order valence-electron chi connectivity index (χ1n) is 15.8. The Balaban J connectivity index is 0.00000684. The Bertz CT molecular complexity index is 681. The van der Waals surface area contributed by atoms with Crippen molar-refractivity contribution < 1.29 is 33.9 Å². The minimum absolute atomic E-state index is 0. The van der Waals surface area contributed by atoms with Crippen LogP contribution in [0.15, 0.2) is 49.1 Å². The number of nitrogens with zero attached hydrogens (tertiary/aromatic N) is 2. The molecule has 4 heteroatoms. The number of unbranched alkanes of at least 4 members (excludes halogenated alkanes) is 18. The number of aromatic nitrogens is 2. The Morgan fingerprint density at radius 3 is 0.868 bits per heavy atom. The van der Waals surface area contributed by atoms with Crippen molar-refractivity contribution in [3.05, 3.63) is 49.1 Å². The molecule has 0 aliphatic heterocycles. The third-order valence-electron chi connectivity index (χ3n) is 7.66. The molecule has 38 heavy (non-hydrogen) atoms. The second-order valence-corrected chi connectivity index (χ2v) is 11.0. The second kappa shape index (κ2) is 26.1. The first-order chi connectivity index (χ1) is 17.8. The SMILES string of the molecule is CCCCCCCCCCCC[n+]1ccc(-c2cc[n+](CCCCCCCCCCCC)cc2)cc1.[Cl-].[Cl-]. The van der Waals surface area contributed by atoms with Crippen LogP contribution in [-0.2, 0) is 13.1 Å². The summed E-state index contributed by atoms with van der Waals surface area (Å²) in [7, 11) is 0. The zero-order valence-corrected chi connectivity index (χ0v) is 26.3. The number of pyridine rings is 2. The Kier molecular flexibility index (Phi) is 25.4. The Hall–Kier alpha value is -1.12. The summed E-state index contributed by atoms with van der Waals surface area (Å²) in [5.74, 6) is 0. The maximum absolute atomic E-state index is 2.35. The van der Waals surface area contributed by atoms with Gasteiger partial charge in [0.2, 0.25) is 0 Å². The molecule has 0 unspecified atom stereocenters. The molecule has 0 aromatic carbocycles. The molecule has 0 atom stereocenters. The molecule has 0 aliphatic rings. The standard InChI is InChI=1S/C34H58N2.2ClH/c1-3-5-7-9-11-13-15-17-19-21-27-35-29-23-33(24-30-35)34-25-31-36(32-26-34)28-22-20-18-16-14-12-10-8-6-4-2;;/h23-26,29-32H,3-22,27-28H2,1-2H3;2*1H/q+2;;/p-2. The van der Waals surface area contributed by atoms with E-state index in [2.05, 4.69) is 72.0 Å². The predicted octanol–water partition coefficient (Wildman–Crippen LogP) is 3.78. The van der Waals surface area contributed by atoms with Crippen LogP contribution < -0.4 is 33.9 Å². The number of rotatable bonds is 23. The maximum atomic E-state index is 2.35. The van der Waals surface area contributed by atoms with Crippen LogP contribution in [0, 0.1) is 0 Å². The van der Waals surface area contributed by atoms with Gasteiger partial charge in [-0.3, -0.25) is 0 Å². The van der Waals surface area contributed by atoms with Crippen LogP contribution >= 0.6 is 0 Å². The molecule has 0 aliphatic carbocycles. The Morgan fingerprint density at radius 2 is 0.605 bits per heavy atom. The molecule has 2 aromatic heterocycles. The van der Waals surface area contributed by atoms with Gasteiger partial charge in [-0.1, -0.05) is 117 Å². The van der Waals surface area contributed by atoms with Crippen LogP contribution in [0.3, 0.4) is 0 Å². The van der Waals surface area contributed by atoms with Gasteiger partial charge in [0.15, 0.2) is 24.8 Å². The number of hydrogen-bond donors (Lipinski definition) is 0.